The van der Waals surface area contributed by atoms with Crippen LogP contribution in [0.3, 0.4) is 0 Å². The number of nitrogens with zero attached hydrogens (tertiary/aromatic N) is 2. The average Bonchev–Trinajstić information content (AvgIpc) is 2.79. The summed E-state index contributed by atoms with van der Waals surface area (Å²) in [6, 6.07) is 6.24. The average molecular weight is 312 g/mol. The lowest BCUT2D eigenvalue weighted by atomic mass is 10.1. The van der Waals surface area contributed by atoms with Crippen molar-refractivity contribution in [3.63, 3.8) is 0 Å². The maximum absolute atomic E-state index is 4.22. The number of hydrogen-bond donors (Lipinski definition) is 1. The first kappa shape index (κ1) is 12.7. The van der Waals surface area contributed by atoms with E-state index in [1.807, 2.05) is 0 Å². The Morgan fingerprint density at radius 3 is 2.88 bits per heavy atom. The van der Waals surface area contributed by atoms with Gasteiger partial charge in [-0.1, -0.05) is 40.3 Å². The third-order valence-electron chi connectivity index (χ3n) is 2.40. The minimum absolute atomic E-state index is 0.795. The maximum atomic E-state index is 4.22. The van der Waals surface area contributed by atoms with E-state index >= 15 is 0 Å². The van der Waals surface area contributed by atoms with Crippen LogP contribution in [0, 0.1) is 6.92 Å². The topological polar surface area (TPSA) is 37.8 Å². The molecular weight excluding hydrogens is 298 g/mol. The van der Waals surface area contributed by atoms with Crippen LogP contribution in [0.4, 0.5) is 0 Å². The molecule has 17 heavy (non-hydrogen) atoms. The summed E-state index contributed by atoms with van der Waals surface area (Å²) in [5.41, 5.74) is 2.34. The molecule has 0 saturated carbocycles. The van der Waals surface area contributed by atoms with E-state index in [2.05, 4.69) is 63.5 Å². The minimum Gasteiger partial charge on any atom is -0.311 e. The van der Waals surface area contributed by atoms with E-state index in [9.17, 15) is 0 Å². The first-order valence-corrected chi connectivity index (χ1v) is 7.11. The second-order valence-corrected chi connectivity index (χ2v) is 5.66. The van der Waals surface area contributed by atoms with Crippen LogP contribution in [-0.4, -0.2) is 16.7 Å². The lowest BCUT2D eigenvalue weighted by molar-refractivity contribution is 0.715. The molecule has 2 rings (SSSR count). The van der Waals surface area contributed by atoms with Gasteiger partial charge in [0.25, 0.3) is 0 Å². The standard InChI is InChI=1S/C12H14BrN3S/c1-3-14-7-11-15-16-12(17-11)9-4-5-10(13)8(2)6-9/h4-6,14H,3,7H2,1-2H3. The molecule has 0 bridgehead atoms. The van der Waals surface area contributed by atoms with Crippen LogP contribution in [0.25, 0.3) is 10.6 Å². The van der Waals surface area contributed by atoms with Crippen molar-refractivity contribution in [1.29, 1.82) is 0 Å². The Bertz CT molecular complexity index is 510. The third-order valence-corrected chi connectivity index (χ3v) is 4.26. The first-order valence-electron chi connectivity index (χ1n) is 5.50. The van der Waals surface area contributed by atoms with Crippen LogP contribution in [0.15, 0.2) is 22.7 Å². The lowest BCUT2D eigenvalue weighted by Gasteiger charge is -2.00. The molecule has 0 saturated heterocycles. The van der Waals surface area contributed by atoms with Gasteiger partial charge in [-0.25, -0.2) is 0 Å². The molecule has 0 radical (unpaired) electrons. The summed E-state index contributed by atoms with van der Waals surface area (Å²) in [5.74, 6) is 0. The molecular formula is C12H14BrN3S. The van der Waals surface area contributed by atoms with E-state index in [1.165, 1.54) is 5.56 Å². The zero-order valence-corrected chi connectivity index (χ0v) is 12.2. The summed E-state index contributed by atoms with van der Waals surface area (Å²) in [6.45, 7) is 5.91. The van der Waals surface area contributed by atoms with Crippen LogP contribution >= 0.6 is 27.3 Å². The van der Waals surface area contributed by atoms with Gasteiger partial charge >= 0.3 is 0 Å². The van der Waals surface area contributed by atoms with Gasteiger partial charge in [0.1, 0.15) is 10.0 Å². The highest BCUT2D eigenvalue weighted by Gasteiger charge is 2.07. The summed E-state index contributed by atoms with van der Waals surface area (Å²) in [6.07, 6.45) is 0. The molecule has 0 unspecified atom stereocenters. The Balaban J connectivity index is 2.21. The second-order valence-electron chi connectivity index (χ2n) is 3.75. The third kappa shape index (κ3) is 3.12. The van der Waals surface area contributed by atoms with Gasteiger partial charge in [0.2, 0.25) is 0 Å². The molecule has 0 atom stereocenters. The van der Waals surface area contributed by atoms with Gasteiger partial charge in [0.05, 0.1) is 0 Å². The summed E-state index contributed by atoms with van der Waals surface area (Å²) < 4.78 is 1.12. The van der Waals surface area contributed by atoms with Gasteiger partial charge in [-0.15, -0.1) is 10.2 Å². The van der Waals surface area contributed by atoms with E-state index in [0.29, 0.717) is 0 Å². The molecule has 0 aliphatic heterocycles. The van der Waals surface area contributed by atoms with Crippen molar-refractivity contribution in [3.05, 3.63) is 33.2 Å². The largest absolute Gasteiger partial charge is 0.311 e. The molecule has 0 spiro atoms. The number of aromatic nitrogens is 2. The zero-order valence-electron chi connectivity index (χ0n) is 9.83. The predicted molar refractivity (Wildman–Crippen MR) is 75.2 cm³/mol. The molecule has 0 fully saturated rings. The van der Waals surface area contributed by atoms with E-state index in [1.54, 1.807) is 11.3 Å². The number of nitrogens with one attached hydrogen (secondary N) is 1. The normalized spacial score (nSPS) is 10.8. The summed E-state index contributed by atoms with van der Waals surface area (Å²) in [7, 11) is 0. The minimum atomic E-state index is 0.795. The molecule has 1 heterocycles. The monoisotopic (exact) mass is 311 g/mol. The van der Waals surface area contributed by atoms with Crippen LogP contribution in [-0.2, 0) is 6.54 Å². The highest BCUT2D eigenvalue weighted by Crippen LogP contribution is 2.27. The Morgan fingerprint density at radius 2 is 2.18 bits per heavy atom. The van der Waals surface area contributed by atoms with Crippen molar-refractivity contribution in [2.45, 2.75) is 20.4 Å². The number of halogens is 1. The number of rotatable bonds is 4. The fourth-order valence-corrected chi connectivity index (χ4v) is 2.50. The van der Waals surface area contributed by atoms with Gasteiger partial charge in [-0.2, -0.15) is 0 Å². The number of aryl methyl sites for hydroxylation is 1. The Kier molecular flexibility index (Phi) is 4.25. The van der Waals surface area contributed by atoms with Crippen LogP contribution in [0.2, 0.25) is 0 Å². The van der Waals surface area contributed by atoms with E-state index in [4.69, 9.17) is 0 Å². The van der Waals surface area contributed by atoms with Crippen molar-refractivity contribution < 1.29 is 0 Å². The van der Waals surface area contributed by atoms with Crippen molar-refractivity contribution in [2.24, 2.45) is 0 Å². The van der Waals surface area contributed by atoms with Gasteiger partial charge < -0.3 is 5.32 Å². The van der Waals surface area contributed by atoms with Gasteiger partial charge in [-0.05, 0) is 31.2 Å². The van der Waals surface area contributed by atoms with Gasteiger partial charge in [-0.3, -0.25) is 0 Å². The molecule has 1 aromatic heterocycles. The summed E-state index contributed by atoms with van der Waals surface area (Å²) in [5, 5.41) is 13.7. The number of benzene rings is 1. The fraction of sp³-hybridized carbons (Fsp3) is 0.333. The van der Waals surface area contributed by atoms with E-state index in [0.717, 1.165) is 33.1 Å². The molecule has 1 N–H and O–H groups in total. The fourth-order valence-electron chi connectivity index (χ4n) is 1.45. The maximum Gasteiger partial charge on any atom is 0.147 e. The molecule has 1 aromatic carbocycles. The quantitative estimate of drug-likeness (QED) is 0.940. The Labute approximate surface area is 113 Å². The molecule has 2 aromatic rings. The highest BCUT2D eigenvalue weighted by molar-refractivity contribution is 9.10. The molecule has 90 valence electrons. The molecule has 0 amide bonds. The van der Waals surface area contributed by atoms with Crippen molar-refractivity contribution in [1.82, 2.24) is 15.5 Å². The molecule has 3 nitrogen and oxygen atoms in total. The highest BCUT2D eigenvalue weighted by atomic mass is 79.9. The molecule has 0 aliphatic rings. The van der Waals surface area contributed by atoms with Crippen molar-refractivity contribution in [3.8, 4) is 10.6 Å². The number of hydrogen-bond acceptors (Lipinski definition) is 4. The molecule has 0 aliphatic carbocycles. The van der Waals surface area contributed by atoms with Crippen molar-refractivity contribution in [2.75, 3.05) is 6.54 Å². The van der Waals surface area contributed by atoms with E-state index in [-0.39, 0.29) is 0 Å². The predicted octanol–water partition coefficient (Wildman–Crippen LogP) is 3.39. The van der Waals surface area contributed by atoms with E-state index < -0.39 is 0 Å². The Hall–Kier alpha value is -0.780. The summed E-state index contributed by atoms with van der Waals surface area (Å²) >= 11 is 5.14. The Morgan fingerprint density at radius 1 is 1.35 bits per heavy atom. The van der Waals surface area contributed by atoms with Crippen LogP contribution in [0.5, 0.6) is 0 Å². The zero-order chi connectivity index (χ0) is 12.3. The lowest BCUT2D eigenvalue weighted by Crippen LogP contribution is -2.11. The van der Waals surface area contributed by atoms with Gasteiger partial charge in [0.15, 0.2) is 0 Å². The van der Waals surface area contributed by atoms with Crippen LogP contribution < -0.4 is 5.32 Å². The second kappa shape index (κ2) is 5.71. The van der Waals surface area contributed by atoms with Crippen LogP contribution in [0.1, 0.15) is 17.5 Å². The van der Waals surface area contributed by atoms with Crippen molar-refractivity contribution >= 4 is 27.3 Å². The molecule has 5 heteroatoms. The summed E-state index contributed by atoms with van der Waals surface area (Å²) in [4.78, 5) is 0. The smallest absolute Gasteiger partial charge is 0.147 e. The van der Waals surface area contributed by atoms with Gasteiger partial charge in [0, 0.05) is 16.6 Å². The SMILES string of the molecule is CCNCc1nnc(-c2ccc(Br)c(C)c2)s1. The first-order chi connectivity index (χ1) is 8.20.